The minimum Gasteiger partial charge on any atom is -0.472 e. The van der Waals surface area contributed by atoms with Crippen LogP contribution in [0.2, 0.25) is 0 Å². The second-order valence-corrected chi connectivity index (χ2v) is 8.90. The highest BCUT2D eigenvalue weighted by atomic mass is 32.1. The van der Waals surface area contributed by atoms with Gasteiger partial charge < -0.3 is 14.4 Å². The second-order valence-electron chi connectivity index (χ2n) is 8.19. The van der Waals surface area contributed by atoms with E-state index in [0.29, 0.717) is 29.2 Å². The smallest absolute Gasteiger partial charge is 0.299 e. The average molecular weight is 476 g/mol. The third-order valence-corrected chi connectivity index (χ3v) is 6.22. The molecule has 2 heterocycles. The zero-order valence-corrected chi connectivity index (χ0v) is 20.8. The van der Waals surface area contributed by atoms with Crippen LogP contribution in [0, 0.1) is 13.8 Å². The van der Waals surface area contributed by atoms with Crippen LogP contribution in [-0.4, -0.2) is 44.4 Å². The number of hydrogen-bond donors (Lipinski definition) is 0. The van der Waals surface area contributed by atoms with Crippen LogP contribution in [0.1, 0.15) is 29.2 Å². The largest absolute Gasteiger partial charge is 0.472 e. The highest BCUT2D eigenvalue weighted by molar-refractivity contribution is 7.07. The van der Waals surface area contributed by atoms with Gasteiger partial charge in [-0.3, -0.25) is 0 Å². The first kappa shape index (κ1) is 23.8. The first-order chi connectivity index (χ1) is 16.5. The summed E-state index contributed by atoms with van der Waals surface area (Å²) in [6.07, 6.45) is 4.22. The van der Waals surface area contributed by atoms with Crippen molar-refractivity contribution in [3.05, 3.63) is 77.1 Å². The van der Waals surface area contributed by atoms with E-state index in [1.165, 1.54) is 22.7 Å². The van der Waals surface area contributed by atoms with Gasteiger partial charge in [0.2, 0.25) is 5.88 Å². The van der Waals surface area contributed by atoms with Crippen LogP contribution in [-0.2, 0) is 13.0 Å². The van der Waals surface area contributed by atoms with Gasteiger partial charge in [0, 0.05) is 18.1 Å². The lowest BCUT2D eigenvalue weighted by Crippen LogP contribution is -2.20. The lowest BCUT2D eigenvalue weighted by Gasteiger charge is -2.16. The molecular formula is C26H29N5O2S. The van der Waals surface area contributed by atoms with Crippen molar-refractivity contribution in [2.75, 3.05) is 20.1 Å². The maximum Gasteiger partial charge on any atom is 0.299 e. The van der Waals surface area contributed by atoms with Crippen molar-refractivity contribution in [3.63, 3.8) is 0 Å². The normalized spacial score (nSPS) is 11.1. The van der Waals surface area contributed by atoms with E-state index in [9.17, 15) is 0 Å². The molecule has 0 N–H and O–H groups in total. The van der Waals surface area contributed by atoms with Gasteiger partial charge in [-0.25, -0.2) is 9.97 Å². The minimum absolute atomic E-state index is 0.439. The second kappa shape index (κ2) is 11.2. The minimum atomic E-state index is 0.439. The monoisotopic (exact) mass is 475 g/mol. The predicted molar refractivity (Wildman–Crippen MR) is 135 cm³/mol. The van der Waals surface area contributed by atoms with Crippen LogP contribution >= 0.6 is 11.5 Å². The fourth-order valence-electron chi connectivity index (χ4n) is 3.39. The zero-order valence-electron chi connectivity index (χ0n) is 20.0. The highest BCUT2D eigenvalue weighted by Crippen LogP contribution is 2.30. The van der Waals surface area contributed by atoms with Crippen molar-refractivity contribution in [2.45, 2.75) is 33.8 Å². The van der Waals surface area contributed by atoms with Crippen molar-refractivity contribution in [1.82, 2.24) is 24.2 Å². The van der Waals surface area contributed by atoms with Crippen LogP contribution in [0.5, 0.6) is 16.8 Å². The SMILES string of the molecule is CCN(C)CCc1cc(C)c(Oc2nc(-c3cnc(OCc4ccccc4)cn3)ns2)cc1C. The molecule has 2 aromatic heterocycles. The van der Waals surface area contributed by atoms with Gasteiger partial charge in [0.05, 0.1) is 12.4 Å². The first-order valence-electron chi connectivity index (χ1n) is 11.3. The molecule has 0 atom stereocenters. The Labute approximate surface area is 204 Å². The van der Waals surface area contributed by atoms with Crippen LogP contribution in [0.3, 0.4) is 0 Å². The van der Waals surface area contributed by atoms with Gasteiger partial charge in [0.15, 0.2) is 5.82 Å². The molecule has 0 bridgehead atoms. The summed E-state index contributed by atoms with van der Waals surface area (Å²) >= 11 is 1.20. The molecule has 8 heteroatoms. The summed E-state index contributed by atoms with van der Waals surface area (Å²) in [5.74, 6) is 1.73. The number of ether oxygens (including phenoxy) is 2. The summed E-state index contributed by atoms with van der Waals surface area (Å²) in [4.78, 5) is 15.5. The number of likely N-dealkylation sites (N-methyl/N-ethyl adjacent to an activating group) is 1. The summed E-state index contributed by atoms with van der Waals surface area (Å²) < 4.78 is 16.2. The number of aryl methyl sites for hydroxylation is 2. The number of hydrogen-bond acceptors (Lipinski definition) is 8. The highest BCUT2D eigenvalue weighted by Gasteiger charge is 2.13. The molecule has 0 fully saturated rings. The fourth-order valence-corrected chi connectivity index (χ4v) is 3.94. The molecule has 7 nitrogen and oxygen atoms in total. The summed E-state index contributed by atoms with van der Waals surface area (Å²) in [5.41, 5.74) is 5.28. The molecule has 0 saturated heterocycles. The van der Waals surface area contributed by atoms with E-state index in [0.717, 1.165) is 36.4 Å². The Bertz CT molecular complexity index is 1210. The van der Waals surface area contributed by atoms with Crippen LogP contribution in [0.4, 0.5) is 0 Å². The predicted octanol–water partition coefficient (Wildman–Crippen LogP) is 5.48. The molecule has 4 rings (SSSR count). The molecule has 176 valence electrons. The Hall–Kier alpha value is -3.36. The van der Waals surface area contributed by atoms with E-state index in [1.54, 1.807) is 12.4 Å². The van der Waals surface area contributed by atoms with Gasteiger partial charge >= 0.3 is 0 Å². The van der Waals surface area contributed by atoms with Crippen LogP contribution in [0.25, 0.3) is 11.5 Å². The van der Waals surface area contributed by atoms with E-state index >= 15 is 0 Å². The molecule has 0 amide bonds. The Morgan fingerprint density at radius 1 is 1.00 bits per heavy atom. The summed E-state index contributed by atoms with van der Waals surface area (Å²) in [7, 11) is 2.14. The summed E-state index contributed by atoms with van der Waals surface area (Å²) in [6.45, 7) is 8.87. The van der Waals surface area contributed by atoms with Crippen molar-refractivity contribution in [3.8, 4) is 28.3 Å². The van der Waals surface area contributed by atoms with Gasteiger partial charge in [-0.15, -0.1) is 0 Å². The molecule has 2 aromatic carbocycles. The molecule has 4 aromatic rings. The van der Waals surface area contributed by atoms with E-state index in [2.05, 4.69) is 64.2 Å². The Kier molecular flexibility index (Phi) is 7.82. The molecule has 0 radical (unpaired) electrons. The molecule has 0 aliphatic carbocycles. The standard InChI is InChI=1S/C26H29N5O2S/c1-5-31(4)12-11-21-13-19(3)23(14-18(21)2)33-26-29-25(30-34-26)22-15-28-24(16-27-22)32-17-20-9-7-6-8-10-20/h6-10,13-16H,5,11-12,17H2,1-4H3. The van der Waals surface area contributed by atoms with Crippen molar-refractivity contribution in [1.29, 1.82) is 0 Å². The maximum absolute atomic E-state index is 6.07. The van der Waals surface area contributed by atoms with E-state index < -0.39 is 0 Å². The van der Waals surface area contributed by atoms with Gasteiger partial charge in [-0.2, -0.15) is 9.36 Å². The molecule has 0 saturated carbocycles. The third kappa shape index (κ3) is 6.15. The van der Waals surface area contributed by atoms with E-state index in [1.807, 2.05) is 30.3 Å². The molecule has 0 aliphatic heterocycles. The number of rotatable bonds is 10. The molecule has 34 heavy (non-hydrogen) atoms. The van der Waals surface area contributed by atoms with Crippen LogP contribution < -0.4 is 9.47 Å². The summed E-state index contributed by atoms with van der Waals surface area (Å²) in [5, 5.41) is 0.474. The van der Waals surface area contributed by atoms with Gasteiger partial charge in [-0.1, -0.05) is 43.3 Å². The third-order valence-electron chi connectivity index (χ3n) is 5.63. The van der Waals surface area contributed by atoms with Crippen molar-refractivity contribution in [2.24, 2.45) is 0 Å². The number of benzene rings is 2. The lowest BCUT2D eigenvalue weighted by atomic mass is 10.0. The first-order valence-corrected chi connectivity index (χ1v) is 12.1. The van der Waals surface area contributed by atoms with Gasteiger partial charge in [-0.05, 0) is 62.2 Å². The molecule has 0 aliphatic rings. The fraction of sp³-hybridized carbons (Fsp3) is 0.308. The molecular weight excluding hydrogens is 446 g/mol. The maximum atomic E-state index is 6.07. The van der Waals surface area contributed by atoms with E-state index in [4.69, 9.17) is 9.47 Å². The summed E-state index contributed by atoms with van der Waals surface area (Å²) in [6, 6.07) is 14.2. The zero-order chi connectivity index (χ0) is 23.9. The van der Waals surface area contributed by atoms with Crippen molar-refractivity contribution < 1.29 is 9.47 Å². The lowest BCUT2D eigenvalue weighted by molar-refractivity contribution is 0.292. The molecule has 0 unspecified atom stereocenters. The number of aromatic nitrogens is 4. The quantitative estimate of drug-likeness (QED) is 0.301. The van der Waals surface area contributed by atoms with Gasteiger partial charge in [0.1, 0.15) is 18.1 Å². The Morgan fingerprint density at radius 3 is 2.56 bits per heavy atom. The Morgan fingerprint density at radius 2 is 1.82 bits per heavy atom. The number of nitrogens with zero attached hydrogens (tertiary/aromatic N) is 5. The molecule has 0 spiro atoms. The average Bonchev–Trinajstić information content (AvgIpc) is 3.33. The Balaban J connectivity index is 1.39. The van der Waals surface area contributed by atoms with Gasteiger partial charge in [0.25, 0.3) is 5.19 Å². The van der Waals surface area contributed by atoms with E-state index in [-0.39, 0.29) is 0 Å². The van der Waals surface area contributed by atoms with Crippen LogP contribution in [0.15, 0.2) is 54.9 Å². The topological polar surface area (TPSA) is 73.3 Å². The van der Waals surface area contributed by atoms with Crippen molar-refractivity contribution >= 4 is 11.5 Å².